The predicted molar refractivity (Wildman–Crippen MR) is 176 cm³/mol. The molecule has 1 nitrogen and oxygen atoms in total. The summed E-state index contributed by atoms with van der Waals surface area (Å²) in [7, 11) is 0. The standard InChI is InChI=1S/C38H70O/c1-4-7-10-13-16-17-18-19-20-21-22-23-26-30-36-31-29-34-38(35-36)39-37(32-27-24-14-11-8-5-2)33-28-25-15-12-9-6-3/h29,31,34-35,37H,4-28,30,32-33H2,1-3H3. The molecule has 0 aliphatic heterocycles. The molecule has 0 heterocycles. The Morgan fingerprint density at radius 1 is 0.462 bits per heavy atom. The lowest BCUT2D eigenvalue weighted by Gasteiger charge is -2.20. The van der Waals surface area contributed by atoms with Gasteiger partial charge >= 0.3 is 0 Å². The molecule has 0 radical (unpaired) electrons. The first-order valence-corrected chi connectivity index (χ1v) is 18.1. The van der Waals surface area contributed by atoms with Crippen LogP contribution in [0.25, 0.3) is 0 Å². The maximum Gasteiger partial charge on any atom is 0.119 e. The molecule has 0 bridgehead atoms. The predicted octanol–water partition coefficient (Wildman–Crippen LogP) is 13.6. The lowest BCUT2D eigenvalue weighted by Crippen LogP contribution is -2.16. The van der Waals surface area contributed by atoms with E-state index in [1.54, 1.807) is 0 Å². The molecule has 1 rings (SSSR count). The van der Waals surface area contributed by atoms with Crippen LogP contribution >= 0.6 is 0 Å². The Hall–Kier alpha value is -0.980. The average Bonchev–Trinajstić information content (AvgIpc) is 2.95. The molecule has 0 amide bonds. The molecule has 0 unspecified atom stereocenters. The lowest BCUT2D eigenvalue weighted by molar-refractivity contribution is 0.172. The molecule has 0 saturated carbocycles. The maximum absolute atomic E-state index is 6.63. The van der Waals surface area contributed by atoms with E-state index >= 15 is 0 Å². The van der Waals surface area contributed by atoms with Gasteiger partial charge in [-0.2, -0.15) is 0 Å². The van der Waals surface area contributed by atoms with Crippen molar-refractivity contribution < 1.29 is 4.74 Å². The second kappa shape index (κ2) is 28.5. The van der Waals surface area contributed by atoms with Crippen LogP contribution in [0.15, 0.2) is 24.3 Å². The fraction of sp³-hybridized carbons (Fsp3) is 0.842. The highest BCUT2D eigenvalue weighted by atomic mass is 16.5. The summed E-state index contributed by atoms with van der Waals surface area (Å²) in [5.74, 6) is 1.11. The minimum Gasteiger partial charge on any atom is -0.490 e. The molecule has 1 aromatic carbocycles. The van der Waals surface area contributed by atoms with Gasteiger partial charge in [0, 0.05) is 0 Å². The third-order valence-electron chi connectivity index (χ3n) is 8.53. The van der Waals surface area contributed by atoms with Crippen LogP contribution in [-0.2, 0) is 6.42 Å². The van der Waals surface area contributed by atoms with E-state index in [2.05, 4.69) is 45.0 Å². The van der Waals surface area contributed by atoms with Gasteiger partial charge in [-0.05, 0) is 56.2 Å². The number of rotatable bonds is 30. The van der Waals surface area contributed by atoms with E-state index in [0.717, 1.165) is 5.75 Å². The molecule has 0 aliphatic rings. The van der Waals surface area contributed by atoms with Gasteiger partial charge in [-0.15, -0.1) is 0 Å². The summed E-state index contributed by atoms with van der Waals surface area (Å²) in [5, 5.41) is 0. The highest BCUT2D eigenvalue weighted by Gasteiger charge is 2.11. The van der Waals surface area contributed by atoms with E-state index in [1.807, 2.05) is 0 Å². The highest BCUT2D eigenvalue weighted by molar-refractivity contribution is 5.28. The second-order valence-corrected chi connectivity index (χ2v) is 12.5. The van der Waals surface area contributed by atoms with Gasteiger partial charge in [0.1, 0.15) is 5.75 Å². The minimum atomic E-state index is 0.397. The van der Waals surface area contributed by atoms with E-state index in [4.69, 9.17) is 4.74 Å². The van der Waals surface area contributed by atoms with Crippen LogP contribution < -0.4 is 4.74 Å². The monoisotopic (exact) mass is 543 g/mol. The summed E-state index contributed by atoms with van der Waals surface area (Å²) in [6.07, 6.45) is 39.0. The molecule has 0 aliphatic carbocycles. The molecule has 39 heavy (non-hydrogen) atoms. The van der Waals surface area contributed by atoms with Gasteiger partial charge < -0.3 is 4.74 Å². The lowest BCUT2D eigenvalue weighted by atomic mass is 10.0. The molecule has 228 valence electrons. The van der Waals surface area contributed by atoms with Crippen LogP contribution in [0.5, 0.6) is 5.75 Å². The van der Waals surface area contributed by atoms with Crippen molar-refractivity contribution in [3.05, 3.63) is 29.8 Å². The highest BCUT2D eigenvalue weighted by Crippen LogP contribution is 2.23. The number of ether oxygens (including phenoxy) is 1. The van der Waals surface area contributed by atoms with E-state index in [0.29, 0.717) is 6.10 Å². The Balaban J connectivity index is 2.26. The number of hydrogen-bond donors (Lipinski definition) is 0. The van der Waals surface area contributed by atoms with Crippen molar-refractivity contribution in [1.29, 1.82) is 0 Å². The third-order valence-corrected chi connectivity index (χ3v) is 8.53. The fourth-order valence-electron chi connectivity index (χ4n) is 5.88. The van der Waals surface area contributed by atoms with E-state index in [9.17, 15) is 0 Å². The quantitative estimate of drug-likeness (QED) is 0.0878. The van der Waals surface area contributed by atoms with Crippen LogP contribution in [-0.4, -0.2) is 6.10 Å². The molecule has 1 heteroatoms. The Morgan fingerprint density at radius 2 is 0.846 bits per heavy atom. The largest absolute Gasteiger partial charge is 0.490 e. The number of aryl methyl sites for hydroxylation is 1. The van der Waals surface area contributed by atoms with Crippen LogP contribution in [0.3, 0.4) is 0 Å². The van der Waals surface area contributed by atoms with Gasteiger partial charge in [0.05, 0.1) is 6.10 Å². The van der Waals surface area contributed by atoms with Crippen LogP contribution in [0.2, 0.25) is 0 Å². The molecule has 0 aromatic heterocycles. The smallest absolute Gasteiger partial charge is 0.119 e. The summed E-state index contributed by atoms with van der Waals surface area (Å²) in [6, 6.07) is 9.07. The molecule has 0 atom stereocenters. The Morgan fingerprint density at radius 3 is 1.28 bits per heavy atom. The fourth-order valence-corrected chi connectivity index (χ4v) is 5.88. The first kappa shape index (κ1) is 36.0. The third kappa shape index (κ3) is 23.4. The average molecular weight is 543 g/mol. The van der Waals surface area contributed by atoms with Crippen LogP contribution in [0.1, 0.15) is 200 Å². The SMILES string of the molecule is CCCCCCCCCCCCCCCc1cccc(OC(CCCCCCCC)CCCCCCCC)c1. The molecule has 0 saturated heterocycles. The van der Waals surface area contributed by atoms with Gasteiger partial charge in [-0.1, -0.05) is 174 Å². The summed E-state index contributed by atoms with van der Waals surface area (Å²) < 4.78 is 6.63. The Bertz CT molecular complexity index is 593. The second-order valence-electron chi connectivity index (χ2n) is 12.5. The van der Waals surface area contributed by atoms with Gasteiger partial charge in [-0.25, -0.2) is 0 Å². The van der Waals surface area contributed by atoms with Crippen molar-refractivity contribution in [3.63, 3.8) is 0 Å². The zero-order valence-electron chi connectivity index (χ0n) is 27.1. The van der Waals surface area contributed by atoms with Gasteiger partial charge in [0.25, 0.3) is 0 Å². The summed E-state index contributed by atoms with van der Waals surface area (Å²) in [6.45, 7) is 6.91. The number of unbranched alkanes of at least 4 members (excludes halogenated alkanes) is 22. The van der Waals surface area contributed by atoms with E-state index in [-0.39, 0.29) is 0 Å². The van der Waals surface area contributed by atoms with E-state index in [1.165, 1.54) is 185 Å². The molecular weight excluding hydrogens is 472 g/mol. The summed E-state index contributed by atoms with van der Waals surface area (Å²) >= 11 is 0. The first-order valence-electron chi connectivity index (χ1n) is 18.1. The van der Waals surface area contributed by atoms with Gasteiger partial charge in [-0.3, -0.25) is 0 Å². The van der Waals surface area contributed by atoms with Crippen molar-refractivity contribution in [2.45, 2.75) is 207 Å². The van der Waals surface area contributed by atoms with Crippen molar-refractivity contribution >= 4 is 0 Å². The topological polar surface area (TPSA) is 9.23 Å². The van der Waals surface area contributed by atoms with Crippen molar-refractivity contribution in [1.82, 2.24) is 0 Å². The van der Waals surface area contributed by atoms with Crippen LogP contribution in [0, 0.1) is 0 Å². The molecule has 0 fully saturated rings. The Labute approximate surface area is 246 Å². The number of hydrogen-bond acceptors (Lipinski definition) is 1. The molecule has 0 spiro atoms. The van der Waals surface area contributed by atoms with Crippen LogP contribution in [0.4, 0.5) is 0 Å². The zero-order valence-corrected chi connectivity index (χ0v) is 27.1. The normalized spacial score (nSPS) is 11.5. The maximum atomic E-state index is 6.63. The molecule has 0 N–H and O–H groups in total. The zero-order chi connectivity index (χ0) is 28.1. The first-order chi connectivity index (χ1) is 19.3. The van der Waals surface area contributed by atoms with Gasteiger partial charge in [0.15, 0.2) is 0 Å². The van der Waals surface area contributed by atoms with Crippen molar-refractivity contribution in [3.8, 4) is 5.75 Å². The van der Waals surface area contributed by atoms with Crippen molar-refractivity contribution in [2.24, 2.45) is 0 Å². The summed E-state index contributed by atoms with van der Waals surface area (Å²) in [4.78, 5) is 0. The van der Waals surface area contributed by atoms with E-state index < -0.39 is 0 Å². The Kier molecular flexibility index (Phi) is 26.4. The van der Waals surface area contributed by atoms with Gasteiger partial charge in [0.2, 0.25) is 0 Å². The van der Waals surface area contributed by atoms with Crippen molar-refractivity contribution in [2.75, 3.05) is 0 Å². The number of benzene rings is 1. The molecule has 1 aromatic rings. The molecular formula is C38H70O. The minimum absolute atomic E-state index is 0.397. The summed E-state index contributed by atoms with van der Waals surface area (Å²) in [5.41, 5.74) is 1.47.